The van der Waals surface area contributed by atoms with E-state index < -0.39 is 0 Å². The van der Waals surface area contributed by atoms with E-state index in [1.807, 2.05) is 18.4 Å². The van der Waals surface area contributed by atoms with E-state index in [0.29, 0.717) is 18.8 Å². The number of thioether (sulfide) groups is 1. The Labute approximate surface area is 128 Å². The molecule has 1 aliphatic heterocycles. The Hall–Kier alpha value is -1.60. The molecule has 1 aromatic rings. The minimum atomic E-state index is -0.269. The Bertz CT molecular complexity index is 562. The molecule has 2 rings (SSSR count). The smallest absolute Gasteiger partial charge is 0.247 e. The number of hydrogen-bond donors (Lipinski definition) is 1. The molecule has 1 heterocycles. The maximum Gasteiger partial charge on any atom is 0.247 e. The molecule has 1 unspecified atom stereocenters. The molecule has 1 aromatic carbocycles. The third-order valence-corrected chi connectivity index (χ3v) is 4.22. The van der Waals surface area contributed by atoms with E-state index >= 15 is 0 Å². The van der Waals surface area contributed by atoms with E-state index in [9.17, 15) is 14.4 Å². The molecular weight excluding hydrogens is 287 g/mol. The van der Waals surface area contributed by atoms with Gasteiger partial charge in [0.05, 0.1) is 16.6 Å². The van der Waals surface area contributed by atoms with Crippen LogP contribution < -0.4 is 10.2 Å². The normalized spacial score (nSPS) is 18.3. The number of carbonyl (C=O) groups excluding carboxylic acids is 3. The van der Waals surface area contributed by atoms with Crippen molar-refractivity contribution in [1.29, 1.82) is 0 Å². The summed E-state index contributed by atoms with van der Waals surface area (Å²) in [6.45, 7) is 0.912. The summed E-state index contributed by atoms with van der Waals surface area (Å²) in [4.78, 5) is 36.1. The van der Waals surface area contributed by atoms with Crippen LogP contribution in [0.2, 0.25) is 0 Å². The van der Waals surface area contributed by atoms with Gasteiger partial charge in [-0.1, -0.05) is 12.1 Å². The SMILES string of the molecule is BC(=O)CNCc1ccc(N2C(=O)CC(SC)C2=O)cc1. The molecule has 7 heteroatoms. The molecule has 1 N–H and O–H groups in total. The first-order chi connectivity index (χ1) is 10.0. The summed E-state index contributed by atoms with van der Waals surface area (Å²) in [5.74, 6) is -0.295. The fourth-order valence-corrected chi connectivity index (χ4v) is 2.82. The Morgan fingerprint density at radius 3 is 2.57 bits per heavy atom. The van der Waals surface area contributed by atoms with E-state index in [1.165, 1.54) is 24.5 Å². The monoisotopic (exact) mass is 304 g/mol. The second kappa shape index (κ2) is 6.91. The highest BCUT2D eigenvalue weighted by atomic mass is 32.2. The topological polar surface area (TPSA) is 66.5 Å². The number of nitrogens with one attached hydrogen (secondary N) is 1. The Kier molecular flexibility index (Phi) is 5.19. The molecule has 5 nitrogen and oxygen atoms in total. The first kappa shape index (κ1) is 15.8. The molecule has 1 fully saturated rings. The quantitative estimate of drug-likeness (QED) is 0.589. The minimum Gasteiger partial charge on any atom is -0.311 e. The lowest BCUT2D eigenvalue weighted by Crippen LogP contribution is -2.31. The Morgan fingerprint density at radius 1 is 1.38 bits per heavy atom. The lowest BCUT2D eigenvalue weighted by Gasteiger charge is -2.15. The van der Waals surface area contributed by atoms with Gasteiger partial charge in [0.25, 0.3) is 0 Å². The highest BCUT2D eigenvalue weighted by molar-refractivity contribution is 8.00. The van der Waals surface area contributed by atoms with Gasteiger partial charge in [-0.25, -0.2) is 4.90 Å². The van der Waals surface area contributed by atoms with Crippen LogP contribution in [0, 0.1) is 0 Å². The predicted molar refractivity (Wildman–Crippen MR) is 86.1 cm³/mol. The summed E-state index contributed by atoms with van der Waals surface area (Å²) in [6, 6.07) is 7.25. The predicted octanol–water partition coefficient (Wildman–Crippen LogP) is -0.0692. The zero-order valence-corrected chi connectivity index (χ0v) is 12.9. The third-order valence-electron chi connectivity index (χ3n) is 3.29. The van der Waals surface area contributed by atoms with E-state index in [0.717, 1.165) is 5.56 Å². The maximum atomic E-state index is 12.1. The summed E-state index contributed by atoms with van der Waals surface area (Å²) >= 11 is 1.41. The van der Waals surface area contributed by atoms with Gasteiger partial charge in [0.2, 0.25) is 11.8 Å². The first-order valence-corrected chi connectivity index (χ1v) is 8.00. The van der Waals surface area contributed by atoms with Gasteiger partial charge in [0.1, 0.15) is 0 Å². The van der Waals surface area contributed by atoms with E-state index in [4.69, 9.17) is 0 Å². The van der Waals surface area contributed by atoms with E-state index in [2.05, 4.69) is 5.32 Å². The van der Waals surface area contributed by atoms with Crippen molar-refractivity contribution >= 4 is 42.8 Å². The molecule has 110 valence electrons. The Morgan fingerprint density at radius 2 is 2.05 bits per heavy atom. The molecule has 1 saturated heterocycles. The molecule has 1 aliphatic rings. The van der Waals surface area contributed by atoms with Crippen LogP contribution in [0.4, 0.5) is 5.69 Å². The average molecular weight is 304 g/mol. The van der Waals surface area contributed by atoms with Gasteiger partial charge in [-0.2, -0.15) is 11.8 Å². The van der Waals surface area contributed by atoms with Gasteiger partial charge in [-0.15, -0.1) is 0 Å². The van der Waals surface area contributed by atoms with Gasteiger partial charge in [-0.3, -0.25) is 9.59 Å². The highest BCUT2D eigenvalue weighted by Gasteiger charge is 2.38. The number of nitrogens with zero attached hydrogens (tertiary/aromatic N) is 1. The first-order valence-electron chi connectivity index (χ1n) is 6.71. The number of amides is 2. The van der Waals surface area contributed by atoms with Crippen molar-refractivity contribution in [2.24, 2.45) is 0 Å². The van der Waals surface area contributed by atoms with Gasteiger partial charge in [0.15, 0.2) is 7.85 Å². The molecule has 0 bridgehead atoms. The van der Waals surface area contributed by atoms with Crippen LogP contribution in [0.15, 0.2) is 24.3 Å². The Balaban J connectivity index is 2.03. The van der Waals surface area contributed by atoms with Crippen LogP contribution in [0.25, 0.3) is 0 Å². The summed E-state index contributed by atoms with van der Waals surface area (Å²) in [5.41, 5.74) is 1.69. The number of rotatable bonds is 6. The summed E-state index contributed by atoms with van der Waals surface area (Å²) in [6.07, 6.45) is 2.10. The zero-order chi connectivity index (χ0) is 15.4. The van der Waals surface area contributed by atoms with Crippen molar-refractivity contribution in [3.05, 3.63) is 29.8 Å². The number of benzene rings is 1. The lowest BCUT2D eigenvalue weighted by molar-refractivity contribution is -0.121. The molecule has 1 atom stereocenters. The van der Waals surface area contributed by atoms with Gasteiger partial charge >= 0.3 is 0 Å². The second-order valence-corrected chi connectivity index (χ2v) is 6.01. The molecule has 0 aliphatic carbocycles. The number of hydrogen-bond acceptors (Lipinski definition) is 5. The molecular formula is C14H17BN2O3S. The molecule has 0 spiro atoms. The molecule has 2 amide bonds. The zero-order valence-electron chi connectivity index (χ0n) is 12.1. The van der Waals surface area contributed by atoms with E-state index in [-0.39, 0.29) is 29.2 Å². The molecule has 0 radical (unpaired) electrons. The summed E-state index contributed by atoms with van der Waals surface area (Å²) in [7, 11) is 1.53. The van der Waals surface area contributed by atoms with Crippen molar-refractivity contribution in [2.45, 2.75) is 18.2 Å². The molecule has 21 heavy (non-hydrogen) atoms. The van der Waals surface area contributed by atoms with Crippen molar-refractivity contribution < 1.29 is 14.4 Å². The maximum absolute atomic E-state index is 12.1. The lowest BCUT2D eigenvalue weighted by atomic mass is 10.0. The average Bonchev–Trinajstić information content (AvgIpc) is 2.74. The van der Waals surface area contributed by atoms with Crippen LogP contribution in [0.5, 0.6) is 0 Å². The van der Waals surface area contributed by atoms with Crippen LogP contribution in [-0.2, 0) is 20.9 Å². The summed E-state index contributed by atoms with van der Waals surface area (Å²) < 4.78 is 0. The number of carbonyl (C=O) groups is 3. The fraction of sp³-hybridized carbons (Fsp3) is 0.357. The molecule has 0 aromatic heterocycles. The van der Waals surface area contributed by atoms with Crippen molar-refractivity contribution in [2.75, 3.05) is 17.7 Å². The fourth-order valence-electron chi connectivity index (χ4n) is 2.21. The molecule has 0 saturated carbocycles. The van der Waals surface area contributed by atoms with Crippen molar-refractivity contribution in [1.82, 2.24) is 5.32 Å². The van der Waals surface area contributed by atoms with E-state index in [1.54, 1.807) is 12.1 Å². The van der Waals surface area contributed by atoms with Gasteiger partial charge < -0.3 is 10.1 Å². The number of imide groups is 1. The van der Waals surface area contributed by atoms with Crippen LogP contribution >= 0.6 is 11.8 Å². The third kappa shape index (κ3) is 3.74. The van der Waals surface area contributed by atoms with Gasteiger partial charge in [0, 0.05) is 19.5 Å². The largest absolute Gasteiger partial charge is 0.311 e. The van der Waals surface area contributed by atoms with Crippen molar-refractivity contribution in [3.63, 3.8) is 0 Å². The van der Waals surface area contributed by atoms with Crippen LogP contribution in [0.3, 0.4) is 0 Å². The summed E-state index contributed by atoms with van der Waals surface area (Å²) in [5, 5.41) is 2.75. The van der Waals surface area contributed by atoms with Crippen LogP contribution in [-0.4, -0.2) is 43.4 Å². The van der Waals surface area contributed by atoms with Crippen LogP contribution in [0.1, 0.15) is 12.0 Å². The van der Waals surface area contributed by atoms with Crippen molar-refractivity contribution in [3.8, 4) is 0 Å². The minimum absolute atomic E-state index is 0.0861. The van der Waals surface area contributed by atoms with Gasteiger partial charge in [-0.05, 0) is 24.0 Å². The highest BCUT2D eigenvalue weighted by Crippen LogP contribution is 2.28. The number of anilines is 1. The standard InChI is InChI=1S/C14H17BN2O3S/c1-21-11-6-13(19)17(14(11)20)10-4-2-9(3-5-10)7-16-8-12(15)18/h2-5,11,16H,6-8,15H2,1H3. The second-order valence-electron chi connectivity index (χ2n) is 4.97.